The summed E-state index contributed by atoms with van der Waals surface area (Å²) in [5.41, 5.74) is 2.71. The molecule has 0 bridgehead atoms. The highest BCUT2D eigenvalue weighted by Crippen LogP contribution is 2.18. The van der Waals surface area contributed by atoms with Crippen molar-refractivity contribution >= 4 is 5.69 Å². The molecule has 0 fully saturated rings. The average molecular weight is 232 g/mol. The Morgan fingerprint density at radius 3 is 2.82 bits per heavy atom. The SMILES string of the molecule is CCC(CCO)CNc1cc(C)ccc1C#N. The van der Waals surface area contributed by atoms with Crippen LogP contribution in [0.15, 0.2) is 18.2 Å². The average Bonchev–Trinajstić information content (AvgIpc) is 2.34. The van der Waals surface area contributed by atoms with Crippen LogP contribution >= 0.6 is 0 Å². The molecule has 0 aliphatic heterocycles. The molecule has 0 heterocycles. The first-order chi connectivity index (χ1) is 8.21. The van der Waals surface area contributed by atoms with Crippen LogP contribution in [0, 0.1) is 24.2 Å². The molecule has 1 aromatic carbocycles. The largest absolute Gasteiger partial charge is 0.396 e. The number of benzene rings is 1. The highest BCUT2D eigenvalue weighted by atomic mass is 16.3. The minimum absolute atomic E-state index is 0.221. The molecule has 17 heavy (non-hydrogen) atoms. The number of hydrogen-bond acceptors (Lipinski definition) is 3. The van der Waals surface area contributed by atoms with Crippen LogP contribution in [-0.2, 0) is 0 Å². The third-order valence-electron chi connectivity index (χ3n) is 2.99. The summed E-state index contributed by atoms with van der Waals surface area (Å²) in [5.74, 6) is 0.451. The van der Waals surface area contributed by atoms with Gasteiger partial charge in [0.1, 0.15) is 6.07 Å². The number of aliphatic hydroxyl groups excluding tert-OH is 1. The summed E-state index contributed by atoms with van der Waals surface area (Å²) in [6.45, 7) is 5.15. The fourth-order valence-corrected chi connectivity index (χ4v) is 1.79. The van der Waals surface area contributed by atoms with Crippen molar-refractivity contribution in [3.63, 3.8) is 0 Å². The van der Waals surface area contributed by atoms with Gasteiger partial charge >= 0.3 is 0 Å². The van der Waals surface area contributed by atoms with Crippen LogP contribution in [0.25, 0.3) is 0 Å². The monoisotopic (exact) mass is 232 g/mol. The Bertz CT molecular complexity index is 396. The van der Waals surface area contributed by atoms with E-state index in [1.807, 2.05) is 25.1 Å². The van der Waals surface area contributed by atoms with E-state index < -0.39 is 0 Å². The predicted molar refractivity (Wildman–Crippen MR) is 69.9 cm³/mol. The minimum atomic E-state index is 0.221. The van der Waals surface area contributed by atoms with Crippen LogP contribution < -0.4 is 5.32 Å². The fraction of sp³-hybridized carbons (Fsp3) is 0.500. The molecule has 92 valence electrons. The number of nitrogens with zero attached hydrogens (tertiary/aromatic N) is 1. The van der Waals surface area contributed by atoms with Crippen molar-refractivity contribution in [2.75, 3.05) is 18.5 Å². The van der Waals surface area contributed by atoms with E-state index in [9.17, 15) is 0 Å². The molecule has 2 N–H and O–H groups in total. The van der Waals surface area contributed by atoms with Gasteiger partial charge < -0.3 is 10.4 Å². The lowest BCUT2D eigenvalue weighted by atomic mass is 10.0. The first-order valence-electron chi connectivity index (χ1n) is 6.06. The molecule has 0 aliphatic rings. The molecule has 1 unspecified atom stereocenters. The number of aliphatic hydroxyl groups is 1. The summed E-state index contributed by atoms with van der Waals surface area (Å²) >= 11 is 0. The van der Waals surface area contributed by atoms with Gasteiger partial charge in [-0.3, -0.25) is 0 Å². The van der Waals surface area contributed by atoms with Crippen LogP contribution in [0.5, 0.6) is 0 Å². The second-order valence-electron chi connectivity index (χ2n) is 4.33. The Balaban J connectivity index is 2.68. The molecular formula is C14H20N2O. The highest BCUT2D eigenvalue weighted by molar-refractivity contribution is 5.58. The number of hydrogen-bond donors (Lipinski definition) is 2. The molecule has 0 saturated carbocycles. The van der Waals surface area contributed by atoms with Gasteiger partial charge in [-0.1, -0.05) is 19.4 Å². The quantitative estimate of drug-likeness (QED) is 0.792. The van der Waals surface area contributed by atoms with E-state index in [2.05, 4.69) is 18.3 Å². The molecule has 0 aliphatic carbocycles. The second kappa shape index (κ2) is 6.93. The second-order valence-corrected chi connectivity index (χ2v) is 4.33. The van der Waals surface area contributed by atoms with Crippen LogP contribution in [0.2, 0.25) is 0 Å². The topological polar surface area (TPSA) is 56.0 Å². The zero-order valence-corrected chi connectivity index (χ0v) is 10.5. The molecule has 0 spiro atoms. The van der Waals surface area contributed by atoms with Crippen molar-refractivity contribution in [2.24, 2.45) is 5.92 Å². The summed E-state index contributed by atoms with van der Waals surface area (Å²) in [5, 5.41) is 21.2. The smallest absolute Gasteiger partial charge is 0.101 e. The normalized spacial score (nSPS) is 11.9. The van der Waals surface area contributed by atoms with Gasteiger partial charge in [-0.25, -0.2) is 0 Å². The first kappa shape index (κ1) is 13.5. The van der Waals surface area contributed by atoms with Crippen molar-refractivity contribution in [3.8, 4) is 6.07 Å². The maximum atomic E-state index is 9.01. The molecule has 0 radical (unpaired) electrons. The van der Waals surface area contributed by atoms with E-state index in [-0.39, 0.29) is 6.61 Å². The molecule has 1 rings (SSSR count). The van der Waals surface area contributed by atoms with Crippen LogP contribution in [-0.4, -0.2) is 18.3 Å². The van der Waals surface area contributed by atoms with Crippen LogP contribution in [0.4, 0.5) is 5.69 Å². The van der Waals surface area contributed by atoms with E-state index in [0.717, 1.165) is 30.6 Å². The third kappa shape index (κ3) is 4.08. The molecule has 1 atom stereocenters. The van der Waals surface area contributed by atoms with Gasteiger partial charge in [0.15, 0.2) is 0 Å². The lowest BCUT2D eigenvalue weighted by Gasteiger charge is -2.16. The summed E-state index contributed by atoms with van der Waals surface area (Å²) < 4.78 is 0. The zero-order chi connectivity index (χ0) is 12.7. The summed E-state index contributed by atoms with van der Waals surface area (Å²) in [6.07, 6.45) is 1.83. The van der Waals surface area contributed by atoms with E-state index in [1.165, 1.54) is 0 Å². The van der Waals surface area contributed by atoms with Gasteiger partial charge in [0.25, 0.3) is 0 Å². The van der Waals surface area contributed by atoms with Crippen molar-refractivity contribution < 1.29 is 5.11 Å². The van der Waals surface area contributed by atoms with Crippen molar-refractivity contribution in [1.29, 1.82) is 5.26 Å². The van der Waals surface area contributed by atoms with Crippen molar-refractivity contribution in [1.82, 2.24) is 0 Å². The van der Waals surface area contributed by atoms with Gasteiger partial charge in [-0.15, -0.1) is 0 Å². The minimum Gasteiger partial charge on any atom is -0.396 e. The van der Waals surface area contributed by atoms with Crippen molar-refractivity contribution in [2.45, 2.75) is 26.7 Å². The predicted octanol–water partition coefficient (Wildman–Crippen LogP) is 2.69. The number of aryl methyl sites for hydroxylation is 1. The van der Waals surface area contributed by atoms with Gasteiger partial charge in [-0.2, -0.15) is 5.26 Å². The van der Waals surface area contributed by atoms with E-state index in [1.54, 1.807) is 0 Å². The Morgan fingerprint density at radius 1 is 1.47 bits per heavy atom. The number of nitriles is 1. The fourth-order valence-electron chi connectivity index (χ4n) is 1.79. The van der Waals surface area contributed by atoms with Gasteiger partial charge in [0, 0.05) is 13.2 Å². The van der Waals surface area contributed by atoms with Crippen molar-refractivity contribution in [3.05, 3.63) is 29.3 Å². The summed E-state index contributed by atoms with van der Waals surface area (Å²) in [7, 11) is 0. The first-order valence-corrected chi connectivity index (χ1v) is 6.06. The van der Waals surface area contributed by atoms with Crippen LogP contribution in [0.3, 0.4) is 0 Å². The summed E-state index contributed by atoms with van der Waals surface area (Å²) in [6, 6.07) is 7.95. The highest BCUT2D eigenvalue weighted by Gasteiger charge is 2.07. The maximum absolute atomic E-state index is 9.01. The Hall–Kier alpha value is -1.53. The molecule has 0 aromatic heterocycles. The Labute approximate surface area is 103 Å². The van der Waals surface area contributed by atoms with E-state index in [4.69, 9.17) is 10.4 Å². The molecule has 0 saturated heterocycles. The molecule has 3 heteroatoms. The van der Waals surface area contributed by atoms with Crippen LogP contribution in [0.1, 0.15) is 30.9 Å². The number of anilines is 1. The Kier molecular flexibility index (Phi) is 5.51. The standard InChI is InChI=1S/C14H20N2O/c1-3-12(6-7-17)10-16-14-8-11(2)4-5-13(14)9-15/h4-5,8,12,16-17H,3,6-7,10H2,1-2H3. The van der Waals surface area contributed by atoms with E-state index in [0.29, 0.717) is 11.5 Å². The number of rotatable bonds is 6. The van der Waals surface area contributed by atoms with Gasteiger partial charge in [0.2, 0.25) is 0 Å². The molecule has 0 amide bonds. The Morgan fingerprint density at radius 2 is 2.24 bits per heavy atom. The molecule has 3 nitrogen and oxygen atoms in total. The maximum Gasteiger partial charge on any atom is 0.101 e. The van der Waals surface area contributed by atoms with E-state index >= 15 is 0 Å². The summed E-state index contributed by atoms with van der Waals surface area (Å²) in [4.78, 5) is 0. The number of nitrogens with one attached hydrogen (secondary N) is 1. The lowest BCUT2D eigenvalue weighted by molar-refractivity contribution is 0.258. The molecule has 1 aromatic rings. The molecular weight excluding hydrogens is 212 g/mol. The lowest BCUT2D eigenvalue weighted by Crippen LogP contribution is -2.15. The van der Waals surface area contributed by atoms with Gasteiger partial charge in [-0.05, 0) is 37.0 Å². The zero-order valence-electron chi connectivity index (χ0n) is 10.5. The van der Waals surface area contributed by atoms with Gasteiger partial charge in [0.05, 0.1) is 11.3 Å². The third-order valence-corrected chi connectivity index (χ3v) is 2.99.